The fourth-order valence-corrected chi connectivity index (χ4v) is 2.23. The van der Waals surface area contributed by atoms with E-state index in [4.69, 9.17) is 21.1 Å². The molecular weight excluding hydrogens is 389 g/mol. The Balaban J connectivity index is 0.00000156. The van der Waals surface area contributed by atoms with E-state index < -0.39 is 0 Å². The van der Waals surface area contributed by atoms with Crippen LogP contribution in [0.5, 0.6) is 11.6 Å². The summed E-state index contributed by atoms with van der Waals surface area (Å²) in [6.07, 6.45) is 1.55. The summed E-state index contributed by atoms with van der Waals surface area (Å²) in [5.74, 6) is 0.935. The second kappa shape index (κ2) is 10.4. The van der Waals surface area contributed by atoms with Gasteiger partial charge in [0.05, 0.1) is 25.1 Å². The van der Waals surface area contributed by atoms with Crippen molar-refractivity contribution >= 4 is 48.0 Å². The normalized spacial score (nSPS) is 16.1. The number of carbonyl (C=O) groups excluding carboxylic acids is 1. The third kappa shape index (κ3) is 6.34. The van der Waals surface area contributed by atoms with Crippen LogP contribution in [0.2, 0.25) is 5.02 Å². The molecule has 2 heterocycles. The van der Waals surface area contributed by atoms with E-state index in [2.05, 4.69) is 15.6 Å². The third-order valence-corrected chi connectivity index (χ3v) is 3.53. The number of nitrogens with zero attached hydrogens (tertiary/aromatic N) is 1. The molecule has 1 aromatic carbocycles. The number of amides is 1. The lowest BCUT2D eigenvalue weighted by molar-refractivity contribution is -0.120. The smallest absolute Gasteiger partial charge is 0.243 e. The quantitative estimate of drug-likeness (QED) is 0.815. The summed E-state index contributed by atoms with van der Waals surface area (Å²) in [7, 11) is 0. The molecule has 0 saturated carbocycles. The Labute approximate surface area is 163 Å². The molecule has 2 N–H and O–H groups in total. The van der Waals surface area contributed by atoms with Crippen LogP contribution in [0.1, 0.15) is 0 Å². The molecule has 0 aliphatic carbocycles. The highest BCUT2D eigenvalue weighted by atomic mass is 35.5. The number of anilines is 1. The molecule has 1 unspecified atom stereocenters. The number of hydrogen-bond acceptors (Lipinski definition) is 5. The molecular formula is C16H18Cl3N3O3. The van der Waals surface area contributed by atoms with E-state index in [0.717, 1.165) is 0 Å². The molecule has 1 saturated heterocycles. The summed E-state index contributed by atoms with van der Waals surface area (Å²) >= 11 is 5.82. The van der Waals surface area contributed by atoms with Crippen molar-refractivity contribution in [1.29, 1.82) is 0 Å². The van der Waals surface area contributed by atoms with Crippen LogP contribution >= 0.6 is 36.4 Å². The average molecular weight is 407 g/mol. The molecule has 0 radical (unpaired) electrons. The predicted molar refractivity (Wildman–Crippen MR) is 101 cm³/mol. The van der Waals surface area contributed by atoms with Gasteiger partial charge in [0.15, 0.2) is 0 Å². The zero-order valence-electron chi connectivity index (χ0n) is 13.1. The molecule has 1 amide bonds. The zero-order valence-corrected chi connectivity index (χ0v) is 15.5. The van der Waals surface area contributed by atoms with E-state index in [0.29, 0.717) is 42.1 Å². The number of benzene rings is 1. The molecule has 25 heavy (non-hydrogen) atoms. The summed E-state index contributed by atoms with van der Waals surface area (Å²) in [5.41, 5.74) is 0.603. The minimum absolute atomic E-state index is 0. The van der Waals surface area contributed by atoms with Crippen molar-refractivity contribution in [2.75, 3.05) is 25.1 Å². The van der Waals surface area contributed by atoms with Crippen LogP contribution in [-0.2, 0) is 9.53 Å². The monoisotopic (exact) mass is 405 g/mol. The van der Waals surface area contributed by atoms with E-state index >= 15 is 0 Å². The van der Waals surface area contributed by atoms with Crippen molar-refractivity contribution in [1.82, 2.24) is 10.3 Å². The predicted octanol–water partition coefficient (Wildman–Crippen LogP) is 3.30. The minimum Gasteiger partial charge on any atom is -0.439 e. The maximum atomic E-state index is 12.1. The molecule has 1 fully saturated rings. The minimum atomic E-state index is -0.339. The first-order valence-electron chi connectivity index (χ1n) is 7.22. The number of rotatable bonds is 4. The Morgan fingerprint density at radius 1 is 1.24 bits per heavy atom. The van der Waals surface area contributed by atoms with E-state index in [-0.39, 0.29) is 36.8 Å². The van der Waals surface area contributed by atoms with Crippen LogP contribution in [0, 0.1) is 0 Å². The molecule has 1 aromatic heterocycles. The number of hydrogen-bond donors (Lipinski definition) is 2. The number of aromatic nitrogens is 1. The summed E-state index contributed by atoms with van der Waals surface area (Å²) in [6, 6.07) is 10.1. The van der Waals surface area contributed by atoms with Gasteiger partial charge in [-0.15, -0.1) is 24.8 Å². The first-order chi connectivity index (χ1) is 11.2. The average Bonchev–Trinajstić information content (AvgIpc) is 2.59. The molecule has 136 valence electrons. The van der Waals surface area contributed by atoms with E-state index in [1.165, 1.54) is 0 Å². The van der Waals surface area contributed by atoms with Gasteiger partial charge in [-0.05, 0) is 30.3 Å². The van der Waals surface area contributed by atoms with E-state index in [1.807, 2.05) is 0 Å². The van der Waals surface area contributed by atoms with Crippen molar-refractivity contribution in [2.24, 2.45) is 0 Å². The lowest BCUT2D eigenvalue weighted by Gasteiger charge is -2.22. The van der Waals surface area contributed by atoms with Gasteiger partial charge in [0.25, 0.3) is 0 Å². The first-order valence-corrected chi connectivity index (χ1v) is 7.60. The molecule has 2 aromatic rings. The van der Waals surface area contributed by atoms with Gasteiger partial charge in [0.2, 0.25) is 11.8 Å². The fraction of sp³-hybridized carbons (Fsp3) is 0.250. The SMILES string of the molecule is Cl.Cl.O=C(Nc1ccc(Oc2ccc(Cl)cc2)nc1)C1COCCN1. The van der Waals surface area contributed by atoms with Crippen molar-refractivity contribution in [3.05, 3.63) is 47.6 Å². The van der Waals surface area contributed by atoms with E-state index in [1.54, 1.807) is 42.6 Å². The van der Waals surface area contributed by atoms with Gasteiger partial charge >= 0.3 is 0 Å². The standard InChI is InChI=1S/C16H16ClN3O3.2ClH/c17-11-1-4-13(5-2-11)23-15-6-3-12(9-19-15)20-16(21)14-10-22-8-7-18-14;;/h1-6,9,14,18H,7-8,10H2,(H,20,21);2*1H. The topological polar surface area (TPSA) is 72.5 Å². The van der Waals surface area contributed by atoms with E-state index in [9.17, 15) is 4.79 Å². The summed E-state index contributed by atoms with van der Waals surface area (Å²) < 4.78 is 10.9. The molecule has 1 aliphatic rings. The number of morpholine rings is 1. The van der Waals surface area contributed by atoms with Gasteiger partial charge < -0.3 is 20.1 Å². The van der Waals surface area contributed by atoms with Crippen LogP contribution in [-0.4, -0.2) is 36.7 Å². The lowest BCUT2D eigenvalue weighted by Crippen LogP contribution is -2.48. The van der Waals surface area contributed by atoms with Crippen LogP contribution in [0.4, 0.5) is 5.69 Å². The van der Waals surface area contributed by atoms with Gasteiger partial charge in [0, 0.05) is 17.6 Å². The van der Waals surface area contributed by atoms with Crippen molar-refractivity contribution in [3.63, 3.8) is 0 Å². The maximum Gasteiger partial charge on any atom is 0.243 e. The van der Waals surface area contributed by atoms with Crippen LogP contribution in [0.3, 0.4) is 0 Å². The lowest BCUT2D eigenvalue weighted by atomic mass is 10.2. The number of nitrogens with one attached hydrogen (secondary N) is 2. The van der Waals surface area contributed by atoms with Crippen molar-refractivity contribution in [2.45, 2.75) is 6.04 Å². The largest absolute Gasteiger partial charge is 0.439 e. The summed E-state index contributed by atoms with van der Waals surface area (Å²) in [6.45, 7) is 1.67. The molecule has 0 bridgehead atoms. The number of carbonyl (C=O) groups is 1. The Morgan fingerprint density at radius 3 is 2.60 bits per heavy atom. The fourth-order valence-electron chi connectivity index (χ4n) is 2.10. The molecule has 6 nitrogen and oxygen atoms in total. The molecule has 1 atom stereocenters. The van der Waals surface area contributed by atoms with Crippen molar-refractivity contribution < 1.29 is 14.3 Å². The number of pyridine rings is 1. The van der Waals surface area contributed by atoms with Crippen LogP contribution < -0.4 is 15.4 Å². The third-order valence-electron chi connectivity index (χ3n) is 3.28. The zero-order chi connectivity index (χ0) is 16.1. The Kier molecular flexibility index (Phi) is 8.96. The van der Waals surface area contributed by atoms with Gasteiger partial charge in [0.1, 0.15) is 11.8 Å². The summed E-state index contributed by atoms with van der Waals surface area (Å²) in [5, 5.41) is 6.53. The Morgan fingerprint density at radius 2 is 2.00 bits per heavy atom. The van der Waals surface area contributed by atoms with Gasteiger partial charge in [-0.2, -0.15) is 0 Å². The van der Waals surface area contributed by atoms with Gasteiger partial charge in [-0.25, -0.2) is 4.98 Å². The Hall–Kier alpha value is -1.57. The maximum absolute atomic E-state index is 12.1. The molecule has 9 heteroatoms. The van der Waals surface area contributed by atoms with Crippen molar-refractivity contribution in [3.8, 4) is 11.6 Å². The van der Waals surface area contributed by atoms with Gasteiger partial charge in [-0.3, -0.25) is 4.79 Å². The Bertz CT molecular complexity index is 663. The number of halogens is 3. The number of ether oxygens (including phenoxy) is 2. The van der Waals surface area contributed by atoms with Crippen LogP contribution in [0.15, 0.2) is 42.6 Å². The first kappa shape index (κ1) is 21.5. The second-order valence-corrected chi connectivity index (χ2v) is 5.45. The summed E-state index contributed by atoms with van der Waals surface area (Å²) in [4.78, 5) is 16.2. The molecule has 1 aliphatic heterocycles. The molecule has 3 rings (SSSR count). The van der Waals surface area contributed by atoms with Crippen LogP contribution in [0.25, 0.3) is 0 Å². The van der Waals surface area contributed by atoms with Gasteiger partial charge in [-0.1, -0.05) is 11.6 Å². The molecule has 0 spiro atoms. The highest BCUT2D eigenvalue weighted by molar-refractivity contribution is 6.30. The highest BCUT2D eigenvalue weighted by Crippen LogP contribution is 2.22. The second-order valence-electron chi connectivity index (χ2n) is 5.01. The highest BCUT2D eigenvalue weighted by Gasteiger charge is 2.21.